The number of fused-ring (bicyclic) bond motifs is 1. The quantitative estimate of drug-likeness (QED) is 0.183. The van der Waals surface area contributed by atoms with Crippen molar-refractivity contribution in [2.75, 3.05) is 19.8 Å². The molecule has 228 valence electrons. The molecule has 3 aromatic carbocycles. The molecule has 0 atom stereocenters. The SMILES string of the molecule is Cc1cc(CNCCCC(=O)O)c(OCc2cncc(C#N)c2)cc1OCc1cccc(-c2ccc3c(c2)OCCO3)c1C#N. The number of hydrogen-bond donors (Lipinski definition) is 2. The lowest BCUT2D eigenvalue weighted by atomic mass is 9.96. The largest absolute Gasteiger partial charge is 0.488 e. The summed E-state index contributed by atoms with van der Waals surface area (Å²) < 4.78 is 23.9. The zero-order valence-corrected chi connectivity index (χ0v) is 24.8. The maximum atomic E-state index is 10.9. The Labute approximate surface area is 261 Å². The van der Waals surface area contributed by atoms with Crippen molar-refractivity contribution in [3.05, 3.63) is 100 Å². The lowest BCUT2D eigenvalue weighted by Gasteiger charge is -2.19. The Hall–Kier alpha value is -5.58. The molecule has 0 saturated heterocycles. The van der Waals surface area contributed by atoms with Crippen molar-refractivity contribution in [3.63, 3.8) is 0 Å². The van der Waals surface area contributed by atoms with E-state index >= 15 is 0 Å². The first-order valence-corrected chi connectivity index (χ1v) is 14.5. The number of aliphatic carboxylic acids is 1. The van der Waals surface area contributed by atoms with Crippen LogP contribution >= 0.6 is 0 Å². The molecule has 0 fully saturated rings. The highest BCUT2D eigenvalue weighted by Crippen LogP contribution is 2.37. The second kappa shape index (κ2) is 14.7. The normalized spacial score (nSPS) is 11.7. The molecule has 0 spiro atoms. The Bertz CT molecular complexity index is 1780. The van der Waals surface area contributed by atoms with Crippen LogP contribution in [0.5, 0.6) is 23.0 Å². The second-order valence-electron chi connectivity index (χ2n) is 10.5. The van der Waals surface area contributed by atoms with Gasteiger partial charge in [-0.2, -0.15) is 10.5 Å². The van der Waals surface area contributed by atoms with Gasteiger partial charge in [0.25, 0.3) is 0 Å². The van der Waals surface area contributed by atoms with Crippen LogP contribution in [-0.2, 0) is 24.6 Å². The molecule has 2 N–H and O–H groups in total. The molecule has 0 saturated carbocycles. The maximum Gasteiger partial charge on any atom is 0.303 e. The number of hydrogen-bond acceptors (Lipinski definition) is 9. The molecule has 1 aromatic heterocycles. The number of benzene rings is 3. The first-order chi connectivity index (χ1) is 21.9. The third-order valence-electron chi connectivity index (χ3n) is 7.23. The van der Waals surface area contributed by atoms with Crippen molar-refractivity contribution >= 4 is 5.97 Å². The van der Waals surface area contributed by atoms with E-state index in [-0.39, 0.29) is 19.6 Å². The Morgan fingerprint density at radius 2 is 1.78 bits per heavy atom. The van der Waals surface area contributed by atoms with Crippen LogP contribution in [0.15, 0.2) is 67.0 Å². The third-order valence-corrected chi connectivity index (χ3v) is 7.23. The topological polar surface area (TPSA) is 147 Å². The van der Waals surface area contributed by atoms with Crippen LogP contribution in [0.1, 0.15) is 46.2 Å². The molecule has 45 heavy (non-hydrogen) atoms. The molecule has 1 aliphatic rings. The van der Waals surface area contributed by atoms with E-state index in [1.807, 2.05) is 55.5 Å². The first kappa shape index (κ1) is 30.9. The van der Waals surface area contributed by atoms with Crippen LogP contribution < -0.4 is 24.3 Å². The summed E-state index contributed by atoms with van der Waals surface area (Å²) in [6.45, 7) is 4.25. The Morgan fingerprint density at radius 1 is 0.956 bits per heavy atom. The van der Waals surface area contributed by atoms with Crippen LogP contribution in [0.25, 0.3) is 11.1 Å². The van der Waals surface area contributed by atoms with Gasteiger partial charge in [-0.25, -0.2) is 0 Å². The number of carboxylic acid groups (broad SMARTS) is 1. The van der Waals surface area contributed by atoms with Gasteiger partial charge in [0.15, 0.2) is 11.5 Å². The van der Waals surface area contributed by atoms with Gasteiger partial charge < -0.3 is 29.4 Å². The van der Waals surface area contributed by atoms with E-state index < -0.39 is 5.97 Å². The summed E-state index contributed by atoms with van der Waals surface area (Å²) in [7, 11) is 0. The van der Waals surface area contributed by atoms with Gasteiger partial charge in [0.2, 0.25) is 0 Å². The van der Waals surface area contributed by atoms with Crippen molar-refractivity contribution in [2.24, 2.45) is 0 Å². The van der Waals surface area contributed by atoms with Gasteiger partial charge in [-0.1, -0.05) is 24.3 Å². The summed E-state index contributed by atoms with van der Waals surface area (Å²) in [5, 5.41) is 31.6. The predicted molar refractivity (Wildman–Crippen MR) is 165 cm³/mol. The highest BCUT2D eigenvalue weighted by Gasteiger charge is 2.17. The average molecular weight is 605 g/mol. The van der Waals surface area contributed by atoms with Gasteiger partial charge in [-0.05, 0) is 60.8 Å². The number of pyridine rings is 1. The zero-order chi connectivity index (χ0) is 31.6. The van der Waals surface area contributed by atoms with Gasteiger partial charge in [0, 0.05) is 48.1 Å². The summed E-state index contributed by atoms with van der Waals surface area (Å²) >= 11 is 0. The summed E-state index contributed by atoms with van der Waals surface area (Å²) in [5.74, 6) is 1.68. The fourth-order valence-electron chi connectivity index (χ4n) is 4.99. The molecule has 0 aliphatic carbocycles. The summed E-state index contributed by atoms with van der Waals surface area (Å²) in [5.41, 5.74) is 5.79. The van der Waals surface area contributed by atoms with Crippen molar-refractivity contribution in [1.29, 1.82) is 10.5 Å². The molecule has 2 heterocycles. The fraction of sp³-hybridized carbons (Fsp3) is 0.257. The number of nitrogens with one attached hydrogen (secondary N) is 1. The summed E-state index contributed by atoms with van der Waals surface area (Å²) in [6, 6.07) is 21.3. The average Bonchev–Trinajstić information content (AvgIpc) is 3.06. The Morgan fingerprint density at radius 3 is 2.58 bits per heavy atom. The van der Waals surface area contributed by atoms with Crippen LogP contribution in [0.2, 0.25) is 0 Å². The van der Waals surface area contributed by atoms with E-state index in [0.29, 0.717) is 66.8 Å². The number of aryl methyl sites for hydroxylation is 1. The van der Waals surface area contributed by atoms with Gasteiger partial charge in [0.05, 0.1) is 11.1 Å². The monoisotopic (exact) mass is 604 g/mol. The van der Waals surface area contributed by atoms with E-state index in [0.717, 1.165) is 33.4 Å². The molecule has 0 radical (unpaired) electrons. The van der Waals surface area contributed by atoms with Gasteiger partial charge in [0.1, 0.15) is 50.1 Å². The summed E-state index contributed by atoms with van der Waals surface area (Å²) in [4.78, 5) is 15.0. The molecule has 1 aliphatic heterocycles. The van der Waals surface area contributed by atoms with Gasteiger partial charge >= 0.3 is 5.97 Å². The number of ether oxygens (including phenoxy) is 4. The number of carboxylic acids is 1. The molecule has 0 bridgehead atoms. The molecule has 10 nitrogen and oxygen atoms in total. The third kappa shape index (κ3) is 7.88. The maximum absolute atomic E-state index is 10.9. The van der Waals surface area contributed by atoms with Crippen LogP contribution in [-0.4, -0.2) is 35.8 Å². The first-order valence-electron chi connectivity index (χ1n) is 14.5. The molecular formula is C35H32N4O6. The highest BCUT2D eigenvalue weighted by molar-refractivity contribution is 5.74. The van der Waals surface area contributed by atoms with Crippen molar-refractivity contribution in [3.8, 4) is 46.3 Å². The molecule has 5 rings (SSSR count). The second-order valence-corrected chi connectivity index (χ2v) is 10.5. The number of carbonyl (C=O) groups is 1. The van der Waals surface area contributed by atoms with Gasteiger partial charge in [-0.3, -0.25) is 9.78 Å². The smallest absolute Gasteiger partial charge is 0.303 e. The Kier molecular flexibility index (Phi) is 10.1. The summed E-state index contributed by atoms with van der Waals surface area (Å²) in [6.07, 6.45) is 3.73. The zero-order valence-electron chi connectivity index (χ0n) is 24.8. The van der Waals surface area contributed by atoms with Gasteiger partial charge in [-0.15, -0.1) is 0 Å². The van der Waals surface area contributed by atoms with E-state index in [9.17, 15) is 15.3 Å². The minimum Gasteiger partial charge on any atom is -0.488 e. The van der Waals surface area contributed by atoms with E-state index in [4.69, 9.17) is 24.1 Å². The highest BCUT2D eigenvalue weighted by atomic mass is 16.6. The van der Waals surface area contributed by atoms with Crippen molar-refractivity contribution in [2.45, 2.75) is 39.5 Å². The number of aromatic nitrogens is 1. The molecule has 10 heteroatoms. The van der Waals surface area contributed by atoms with Crippen molar-refractivity contribution in [1.82, 2.24) is 10.3 Å². The Balaban J connectivity index is 1.36. The van der Waals surface area contributed by atoms with E-state index in [2.05, 4.69) is 22.4 Å². The fourth-order valence-corrected chi connectivity index (χ4v) is 4.99. The number of nitrogens with zero attached hydrogens (tertiary/aromatic N) is 3. The standard InChI is InChI=1S/C35H32N4O6/c1-23-12-28(20-38-9-3-6-35(40)41)33(44-21-25-13-24(16-36)18-39-19-25)15-32(23)45-22-27-4-2-5-29(30(27)17-37)26-7-8-31-34(14-26)43-11-10-42-31/h2,4-5,7-8,12-15,18-19,38H,3,6,9-11,20-22H2,1H3,(H,40,41). The minimum absolute atomic E-state index is 0.0882. The van der Waals surface area contributed by atoms with Crippen LogP contribution in [0.4, 0.5) is 0 Å². The molecule has 0 amide bonds. The molecular weight excluding hydrogens is 572 g/mol. The minimum atomic E-state index is -0.831. The van der Waals surface area contributed by atoms with E-state index in [1.54, 1.807) is 12.3 Å². The molecule has 0 unspecified atom stereocenters. The van der Waals surface area contributed by atoms with Crippen molar-refractivity contribution < 1.29 is 28.8 Å². The lowest BCUT2D eigenvalue weighted by molar-refractivity contribution is -0.137. The van der Waals surface area contributed by atoms with Crippen LogP contribution in [0, 0.1) is 29.6 Å². The number of nitriles is 2. The van der Waals surface area contributed by atoms with E-state index in [1.165, 1.54) is 6.20 Å². The predicted octanol–water partition coefficient (Wildman–Crippen LogP) is 5.68. The molecule has 4 aromatic rings. The lowest BCUT2D eigenvalue weighted by Crippen LogP contribution is -2.17. The van der Waals surface area contributed by atoms with Crippen LogP contribution in [0.3, 0.4) is 0 Å². The number of rotatable bonds is 13.